The van der Waals surface area contributed by atoms with Gasteiger partial charge in [-0.3, -0.25) is 9.36 Å². The topological polar surface area (TPSA) is 46.9 Å². The fourth-order valence-electron chi connectivity index (χ4n) is 7.69. The van der Waals surface area contributed by atoms with Crippen molar-refractivity contribution in [3.05, 3.63) is 30.1 Å². The van der Waals surface area contributed by atoms with E-state index < -0.39 is 12.6 Å². The first kappa shape index (κ1) is 19.0. The van der Waals surface area contributed by atoms with Crippen LogP contribution >= 0.6 is 0 Å². The molecule has 6 rings (SSSR count). The van der Waals surface area contributed by atoms with Crippen LogP contribution in [0.15, 0.2) is 24.3 Å². The zero-order valence-electron chi connectivity index (χ0n) is 17.3. The fraction of sp³-hybridized carbons (Fsp3) is 0.652. The Kier molecular flexibility index (Phi) is 3.95. The summed E-state index contributed by atoms with van der Waals surface area (Å²) in [5.41, 5.74) is 1.02. The van der Waals surface area contributed by atoms with Crippen LogP contribution in [0.2, 0.25) is 0 Å². The highest BCUT2D eigenvalue weighted by Crippen LogP contribution is 2.69. The number of fused-ring (bicyclic) bond motifs is 1. The van der Waals surface area contributed by atoms with Gasteiger partial charge in [0.05, 0.1) is 22.5 Å². The molecule has 4 saturated carbocycles. The van der Waals surface area contributed by atoms with Crippen molar-refractivity contribution in [1.29, 1.82) is 0 Å². The van der Waals surface area contributed by atoms with Crippen molar-refractivity contribution >= 4 is 16.9 Å². The van der Waals surface area contributed by atoms with Gasteiger partial charge in [-0.15, -0.1) is 0 Å². The molecular formula is C23H29F2N3O. The molecule has 0 spiro atoms. The van der Waals surface area contributed by atoms with Crippen LogP contribution in [-0.2, 0) is 4.79 Å². The smallest absolute Gasteiger partial charge is 0.320 e. The molecule has 3 atom stereocenters. The van der Waals surface area contributed by atoms with E-state index in [-0.39, 0.29) is 28.0 Å². The number of nitrogens with one attached hydrogen (secondary N) is 1. The van der Waals surface area contributed by atoms with Gasteiger partial charge in [-0.2, -0.15) is 8.78 Å². The summed E-state index contributed by atoms with van der Waals surface area (Å²) < 4.78 is 28.6. The molecule has 4 aliphatic carbocycles. The van der Waals surface area contributed by atoms with E-state index in [9.17, 15) is 13.6 Å². The minimum Gasteiger partial charge on any atom is -0.346 e. The van der Waals surface area contributed by atoms with Crippen LogP contribution in [0.25, 0.3) is 11.0 Å². The highest BCUT2D eigenvalue weighted by atomic mass is 19.3. The summed E-state index contributed by atoms with van der Waals surface area (Å²) in [7, 11) is 0. The number of rotatable bonds is 4. The molecule has 1 N–H and O–H groups in total. The first-order valence-electron chi connectivity index (χ1n) is 10.7. The minimum absolute atomic E-state index is 0.0272. The van der Waals surface area contributed by atoms with Crippen LogP contribution < -0.4 is 5.32 Å². The summed E-state index contributed by atoms with van der Waals surface area (Å²) in [4.78, 5) is 18.0. The predicted octanol–water partition coefficient (Wildman–Crippen LogP) is 5.61. The number of nitrogens with zero attached hydrogens (tertiary/aromatic N) is 2. The van der Waals surface area contributed by atoms with Crippen molar-refractivity contribution in [2.24, 2.45) is 22.2 Å². The van der Waals surface area contributed by atoms with Gasteiger partial charge in [0.1, 0.15) is 5.82 Å². The monoisotopic (exact) mass is 401 g/mol. The first-order valence-corrected chi connectivity index (χ1v) is 10.7. The molecule has 4 fully saturated rings. The molecule has 0 radical (unpaired) electrons. The van der Waals surface area contributed by atoms with Crippen molar-refractivity contribution in [2.75, 3.05) is 0 Å². The maximum absolute atomic E-state index is 13.8. The van der Waals surface area contributed by atoms with Gasteiger partial charge in [-0.25, -0.2) is 4.98 Å². The highest BCUT2D eigenvalue weighted by molar-refractivity contribution is 5.84. The number of hydrogen-bond donors (Lipinski definition) is 1. The average molecular weight is 402 g/mol. The molecule has 4 aliphatic rings. The van der Waals surface area contributed by atoms with E-state index in [0.717, 1.165) is 23.8 Å². The van der Waals surface area contributed by atoms with Gasteiger partial charge in [0.25, 0.3) is 0 Å². The Hall–Kier alpha value is -1.98. The number of amides is 1. The Balaban J connectivity index is 1.45. The molecule has 1 amide bonds. The molecule has 2 aromatic rings. The van der Waals surface area contributed by atoms with Gasteiger partial charge in [-0.1, -0.05) is 26.0 Å². The lowest BCUT2D eigenvalue weighted by atomic mass is 9.40. The van der Waals surface area contributed by atoms with E-state index in [1.54, 1.807) is 31.2 Å². The number of hydrogen-bond acceptors (Lipinski definition) is 2. The van der Waals surface area contributed by atoms with E-state index in [1.807, 2.05) is 0 Å². The Bertz CT molecular complexity index is 966. The lowest BCUT2D eigenvalue weighted by Crippen LogP contribution is -2.60. The average Bonchev–Trinajstić information content (AvgIpc) is 2.98. The van der Waals surface area contributed by atoms with E-state index in [0.29, 0.717) is 17.0 Å². The Morgan fingerprint density at radius 3 is 2.41 bits per heavy atom. The van der Waals surface area contributed by atoms with Crippen LogP contribution in [0.4, 0.5) is 8.78 Å². The Labute approximate surface area is 170 Å². The quantitative estimate of drug-likeness (QED) is 0.724. The predicted molar refractivity (Wildman–Crippen MR) is 107 cm³/mol. The van der Waals surface area contributed by atoms with Crippen LogP contribution in [0.1, 0.15) is 77.7 Å². The second-order valence-corrected chi connectivity index (χ2v) is 10.7. The summed E-state index contributed by atoms with van der Waals surface area (Å²) in [6.45, 7) is 3.73. The number of alkyl halides is 2. The van der Waals surface area contributed by atoms with Crippen LogP contribution in [0, 0.1) is 22.2 Å². The maximum Gasteiger partial charge on any atom is 0.320 e. The number of para-hydroxylation sites is 2. The fourth-order valence-corrected chi connectivity index (χ4v) is 7.69. The van der Waals surface area contributed by atoms with E-state index in [1.165, 1.54) is 19.3 Å². The van der Waals surface area contributed by atoms with Gasteiger partial charge < -0.3 is 5.32 Å². The molecule has 6 heteroatoms. The van der Waals surface area contributed by atoms with Gasteiger partial charge in [0.15, 0.2) is 0 Å². The summed E-state index contributed by atoms with van der Waals surface area (Å²) in [6.07, 6.45) is 6.39. The summed E-state index contributed by atoms with van der Waals surface area (Å²) >= 11 is 0. The standard InChI is InChI=1S/C23H29F2N3O/c1-14(18-27-16-6-4-5-7-17(16)28(18)20(24)25)26-19(29)23-10-15-8-21(2,12-23)11-22(3,9-15)13-23/h4-7,14-15,20H,8-13H2,1-3H3,(H,26,29). The van der Waals surface area contributed by atoms with Gasteiger partial charge in [0, 0.05) is 0 Å². The van der Waals surface area contributed by atoms with Crippen molar-refractivity contribution in [3.63, 3.8) is 0 Å². The number of carbonyl (C=O) groups excluding carboxylic acids is 1. The molecule has 0 aliphatic heterocycles. The highest BCUT2D eigenvalue weighted by Gasteiger charge is 2.62. The number of imidazole rings is 1. The number of halogens is 2. The lowest BCUT2D eigenvalue weighted by Gasteiger charge is -2.64. The Morgan fingerprint density at radius 1 is 1.14 bits per heavy atom. The third-order valence-electron chi connectivity index (χ3n) is 7.66. The van der Waals surface area contributed by atoms with E-state index in [4.69, 9.17) is 0 Å². The minimum atomic E-state index is -2.70. The number of carbonyl (C=O) groups is 1. The molecule has 1 aromatic carbocycles. The summed E-state index contributed by atoms with van der Waals surface area (Å²) in [5.74, 6) is 0.851. The molecular weight excluding hydrogens is 372 g/mol. The van der Waals surface area contributed by atoms with Crippen molar-refractivity contribution < 1.29 is 13.6 Å². The van der Waals surface area contributed by atoms with Crippen LogP contribution in [0.3, 0.4) is 0 Å². The second-order valence-electron chi connectivity index (χ2n) is 10.7. The second kappa shape index (κ2) is 6.02. The first-order chi connectivity index (χ1) is 13.6. The molecule has 156 valence electrons. The molecule has 1 heterocycles. The molecule has 1 aromatic heterocycles. The molecule has 29 heavy (non-hydrogen) atoms. The molecule has 4 nitrogen and oxygen atoms in total. The molecule has 4 bridgehead atoms. The van der Waals surface area contributed by atoms with Gasteiger partial charge in [0.2, 0.25) is 5.91 Å². The van der Waals surface area contributed by atoms with E-state index in [2.05, 4.69) is 24.1 Å². The molecule has 0 saturated heterocycles. The molecule has 3 unspecified atom stereocenters. The SMILES string of the molecule is CC(NC(=O)C12CC3CC(C)(CC(C)(C3)C1)C2)c1nc2ccccc2n1C(F)F. The van der Waals surface area contributed by atoms with Crippen molar-refractivity contribution in [2.45, 2.75) is 71.9 Å². The van der Waals surface area contributed by atoms with Crippen LogP contribution in [0.5, 0.6) is 0 Å². The van der Waals surface area contributed by atoms with Crippen molar-refractivity contribution in [1.82, 2.24) is 14.9 Å². The zero-order chi connectivity index (χ0) is 20.6. The number of aromatic nitrogens is 2. The summed E-state index contributed by atoms with van der Waals surface area (Å²) in [5, 5.41) is 3.09. The summed E-state index contributed by atoms with van der Waals surface area (Å²) in [6, 6.07) is 6.32. The lowest BCUT2D eigenvalue weighted by molar-refractivity contribution is -0.170. The zero-order valence-corrected chi connectivity index (χ0v) is 17.3. The third kappa shape index (κ3) is 2.89. The van der Waals surface area contributed by atoms with Crippen LogP contribution in [-0.4, -0.2) is 15.5 Å². The largest absolute Gasteiger partial charge is 0.346 e. The van der Waals surface area contributed by atoms with E-state index >= 15 is 0 Å². The van der Waals surface area contributed by atoms with Gasteiger partial charge in [-0.05, 0) is 74.3 Å². The Morgan fingerprint density at radius 2 is 1.79 bits per heavy atom. The van der Waals surface area contributed by atoms with Crippen molar-refractivity contribution in [3.8, 4) is 0 Å². The maximum atomic E-state index is 13.8. The number of benzene rings is 1. The van der Waals surface area contributed by atoms with Gasteiger partial charge >= 0.3 is 6.55 Å². The third-order valence-corrected chi connectivity index (χ3v) is 7.66. The normalized spacial score (nSPS) is 36.7.